The molecule has 0 unspecified atom stereocenters. The lowest BCUT2D eigenvalue weighted by Gasteiger charge is -2.08. The van der Waals surface area contributed by atoms with Gasteiger partial charge in [-0.1, -0.05) is 22.0 Å². The summed E-state index contributed by atoms with van der Waals surface area (Å²) in [5, 5.41) is 2.85. The number of nitrogens with zero attached hydrogens (tertiary/aromatic N) is 1. The first-order valence-electron chi connectivity index (χ1n) is 5.89. The Bertz CT molecular complexity index is 572. The summed E-state index contributed by atoms with van der Waals surface area (Å²) in [4.78, 5) is 16.0. The summed E-state index contributed by atoms with van der Waals surface area (Å²) in [6.07, 6.45) is 4.26. The summed E-state index contributed by atoms with van der Waals surface area (Å²) in [6.45, 7) is 0.552. The standard InChI is InChI=1S/C14H14BrN3O/c15-11-3-4-13(16)12(8-11)14(19)18-7-5-10-2-1-6-17-9-10/h1-4,6,8-9H,5,7,16H2,(H,18,19). The molecule has 3 N–H and O–H groups in total. The SMILES string of the molecule is Nc1ccc(Br)cc1C(=O)NCCc1cccnc1. The van der Waals surface area contributed by atoms with Crippen LogP contribution in [0, 0.1) is 0 Å². The van der Waals surface area contributed by atoms with Gasteiger partial charge in [0.25, 0.3) is 5.91 Å². The van der Waals surface area contributed by atoms with Crippen molar-refractivity contribution in [2.75, 3.05) is 12.3 Å². The zero-order valence-electron chi connectivity index (χ0n) is 10.3. The highest BCUT2D eigenvalue weighted by Crippen LogP contribution is 2.18. The van der Waals surface area contributed by atoms with Gasteiger partial charge in [-0.25, -0.2) is 0 Å². The maximum atomic E-state index is 12.0. The van der Waals surface area contributed by atoms with E-state index in [1.165, 1.54) is 0 Å². The number of pyridine rings is 1. The number of rotatable bonds is 4. The highest BCUT2D eigenvalue weighted by molar-refractivity contribution is 9.10. The largest absolute Gasteiger partial charge is 0.398 e. The number of amides is 1. The lowest BCUT2D eigenvalue weighted by Crippen LogP contribution is -2.26. The molecule has 0 radical (unpaired) electrons. The molecular formula is C14H14BrN3O. The van der Waals surface area contributed by atoms with E-state index in [-0.39, 0.29) is 5.91 Å². The maximum absolute atomic E-state index is 12.0. The van der Waals surface area contributed by atoms with Crippen LogP contribution in [-0.4, -0.2) is 17.4 Å². The minimum absolute atomic E-state index is 0.164. The van der Waals surface area contributed by atoms with E-state index in [2.05, 4.69) is 26.2 Å². The number of nitrogens with two attached hydrogens (primary N) is 1. The lowest BCUT2D eigenvalue weighted by molar-refractivity contribution is 0.0955. The Kier molecular flexibility index (Phi) is 4.52. The summed E-state index contributed by atoms with van der Waals surface area (Å²) < 4.78 is 0.833. The average Bonchev–Trinajstić information content (AvgIpc) is 2.42. The van der Waals surface area contributed by atoms with Gasteiger partial charge in [0.1, 0.15) is 0 Å². The molecule has 4 nitrogen and oxygen atoms in total. The normalized spacial score (nSPS) is 10.2. The van der Waals surface area contributed by atoms with E-state index in [0.29, 0.717) is 17.8 Å². The average molecular weight is 320 g/mol. The van der Waals surface area contributed by atoms with Gasteiger partial charge in [-0.3, -0.25) is 9.78 Å². The fourth-order valence-electron chi connectivity index (χ4n) is 1.69. The van der Waals surface area contributed by atoms with Crippen LogP contribution < -0.4 is 11.1 Å². The fourth-order valence-corrected chi connectivity index (χ4v) is 2.05. The van der Waals surface area contributed by atoms with Crippen molar-refractivity contribution in [3.63, 3.8) is 0 Å². The van der Waals surface area contributed by atoms with Crippen molar-refractivity contribution in [3.8, 4) is 0 Å². The van der Waals surface area contributed by atoms with Crippen molar-refractivity contribution in [1.29, 1.82) is 0 Å². The minimum Gasteiger partial charge on any atom is -0.398 e. The van der Waals surface area contributed by atoms with E-state index < -0.39 is 0 Å². The van der Waals surface area contributed by atoms with E-state index >= 15 is 0 Å². The Morgan fingerprint density at radius 3 is 2.95 bits per heavy atom. The number of hydrogen-bond donors (Lipinski definition) is 2. The number of anilines is 1. The molecule has 0 aliphatic heterocycles. The monoisotopic (exact) mass is 319 g/mol. The second kappa shape index (κ2) is 6.33. The van der Waals surface area contributed by atoms with Gasteiger partial charge in [0, 0.05) is 29.1 Å². The van der Waals surface area contributed by atoms with E-state index in [0.717, 1.165) is 16.5 Å². The molecule has 0 bridgehead atoms. The van der Waals surface area contributed by atoms with Crippen LogP contribution in [0.1, 0.15) is 15.9 Å². The molecule has 1 heterocycles. The highest BCUT2D eigenvalue weighted by Gasteiger charge is 2.09. The minimum atomic E-state index is -0.164. The topological polar surface area (TPSA) is 68.0 Å². The smallest absolute Gasteiger partial charge is 0.253 e. The van der Waals surface area contributed by atoms with Crippen molar-refractivity contribution in [2.45, 2.75) is 6.42 Å². The zero-order chi connectivity index (χ0) is 13.7. The highest BCUT2D eigenvalue weighted by atomic mass is 79.9. The summed E-state index contributed by atoms with van der Waals surface area (Å²) >= 11 is 3.33. The molecule has 0 atom stereocenters. The van der Waals surface area contributed by atoms with Gasteiger partial charge in [-0.15, -0.1) is 0 Å². The lowest BCUT2D eigenvalue weighted by atomic mass is 10.1. The summed E-state index contributed by atoms with van der Waals surface area (Å²) in [5.41, 5.74) is 7.83. The Hall–Kier alpha value is -1.88. The molecular weight excluding hydrogens is 306 g/mol. The molecule has 0 saturated heterocycles. The van der Waals surface area contributed by atoms with Crippen LogP contribution >= 0.6 is 15.9 Å². The Morgan fingerprint density at radius 2 is 2.21 bits per heavy atom. The van der Waals surface area contributed by atoms with Crippen LogP contribution in [0.3, 0.4) is 0 Å². The number of hydrogen-bond acceptors (Lipinski definition) is 3. The Morgan fingerprint density at radius 1 is 1.37 bits per heavy atom. The molecule has 1 aromatic carbocycles. The Balaban J connectivity index is 1.93. The first-order chi connectivity index (χ1) is 9.16. The van der Waals surface area contributed by atoms with E-state index in [1.807, 2.05) is 18.2 Å². The Labute approximate surface area is 120 Å². The molecule has 19 heavy (non-hydrogen) atoms. The van der Waals surface area contributed by atoms with Gasteiger partial charge in [0.05, 0.1) is 5.56 Å². The van der Waals surface area contributed by atoms with Crippen molar-refractivity contribution >= 4 is 27.5 Å². The van der Waals surface area contributed by atoms with Crippen LogP contribution in [0.2, 0.25) is 0 Å². The van der Waals surface area contributed by atoms with E-state index in [4.69, 9.17) is 5.73 Å². The molecule has 0 aliphatic carbocycles. The van der Waals surface area contributed by atoms with Crippen LogP contribution in [0.25, 0.3) is 0 Å². The first-order valence-corrected chi connectivity index (χ1v) is 6.68. The third kappa shape index (κ3) is 3.79. The molecule has 0 saturated carbocycles. The number of nitrogen functional groups attached to an aromatic ring is 1. The summed E-state index contributed by atoms with van der Waals surface area (Å²) in [7, 11) is 0. The van der Waals surface area contributed by atoms with Crippen molar-refractivity contribution in [1.82, 2.24) is 10.3 Å². The molecule has 5 heteroatoms. The number of nitrogens with one attached hydrogen (secondary N) is 1. The molecule has 98 valence electrons. The predicted octanol–water partition coefficient (Wildman–Crippen LogP) is 2.40. The summed E-state index contributed by atoms with van der Waals surface area (Å²) in [6, 6.07) is 9.09. The molecule has 1 aromatic heterocycles. The second-order valence-corrected chi connectivity index (χ2v) is 5.01. The number of carbonyl (C=O) groups excluding carboxylic acids is 1. The van der Waals surface area contributed by atoms with Gasteiger partial charge in [-0.05, 0) is 36.2 Å². The fraction of sp³-hybridized carbons (Fsp3) is 0.143. The van der Waals surface area contributed by atoms with Crippen molar-refractivity contribution in [2.24, 2.45) is 0 Å². The van der Waals surface area contributed by atoms with Crippen LogP contribution in [0.5, 0.6) is 0 Å². The molecule has 0 fully saturated rings. The van der Waals surface area contributed by atoms with Crippen LogP contribution in [-0.2, 0) is 6.42 Å². The number of carbonyl (C=O) groups is 1. The summed E-state index contributed by atoms with van der Waals surface area (Å²) in [5.74, 6) is -0.164. The van der Waals surface area contributed by atoms with Gasteiger partial charge >= 0.3 is 0 Å². The number of aromatic nitrogens is 1. The van der Waals surface area contributed by atoms with Gasteiger partial charge in [0.15, 0.2) is 0 Å². The maximum Gasteiger partial charge on any atom is 0.253 e. The second-order valence-electron chi connectivity index (χ2n) is 4.10. The molecule has 2 aromatic rings. The van der Waals surface area contributed by atoms with Crippen molar-refractivity contribution in [3.05, 3.63) is 58.3 Å². The first kappa shape index (κ1) is 13.5. The third-order valence-corrected chi connectivity index (χ3v) is 3.18. The number of benzene rings is 1. The quantitative estimate of drug-likeness (QED) is 0.850. The van der Waals surface area contributed by atoms with Gasteiger partial charge < -0.3 is 11.1 Å². The third-order valence-electron chi connectivity index (χ3n) is 2.68. The number of halogens is 1. The zero-order valence-corrected chi connectivity index (χ0v) is 11.9. The van der Waals surface area contributed by atoms with Gasteiger partial charge in [-0.2, -0.15) is 0 Å². The van der Waals surface area contributed by atoms with E-state index in [1.54, 1.807) is 24.5 Å². The predicted molar refractivity (Wildman–Crippen MR) is 78.8 cm³/mol. The van der Waals surface area contributed by atoms with E-state index in [9.17, 15) is 4.79 Å². The van der Waals surface area contributed by atoms with Crippen LogP contribution in [0.4, 0.5) is 5.69 Å². The van der Waals surface area contributed by atoms with Crippen LogP contribution in [0.15, 0.2) is 47.2 Å². The molecule has 2 rings (SSSR count). The van der Waals surface area contributed by atoms with Crippen molar-refractivity contribution < 1.29 is 4.79 Å². The molecule has 0 spiro atoms. The molecule has 0 aliphatic rings. The molecule has 1 amide bonds. The van der Waals surface area contributed by atoms with Gasteiger partial charge in [0.2, 0.25) is 0 Å².